The van der Waals surface area contributed by atoms with Crippen molar-refractivity contribution < 1.29 is 9.21 Å². The number of nitrogens with one attached hydrogen (secondary N) is 1. The minimum atomic E-state index is -0.103. The van der Waals surface area contributed by atoms with Crippen LogP contribution in [0.25, 0.3) is 6.08 Å². The molecule has 2 aromatic rings. The Kier molecular flexibility index (Phi) is 3.97. The van der Waals surface area contributed by atoms with E-state index in [1.165, 1.54) is 12.5 Å². The lowest BCUT2D eigenvalue weighted by atomic mass is 10.2. The van der Waals surface area contributed by atoms with Gasteiger partial charge in [0.05, 0.1) is 6.04 Å². The monoisotopic (exact) mass is 301 g/mol. The molecule has 1 N–H and O–H groups in total. The van der Waals surface area contributed by atoms with Crippen LogP contribution in [-0.2, 0) is 4.79 Å². The maximum atomic E-state index is 11.9. The summed E-state index contributed by atoms with van der Waals surface area (Å²) in [7, 11) is 0. The fraction of sp³-hybridized carbons (Fsp3) is 0.353. The molecule has 0 spiro atoms. The molecule has 1 aliphatic rings. The van der Waals surface area contributed by atoms with Gasteiger partial charge in [0.25, 0.3) is 0 Å². The van der Waals surface area contributed by atoms with Gasteiger partial charge in [-0.15, -0.1) is 11.3 Å². The second kappa shape index (κ2) is 5.90. The van der Waals surface area contributed by atoms with E-state index in [9.17, 15) is 4.79 Å². The molecular weight excluding hydrogens is 282 g/mol. The van der Waals surface area contributed by atoms with Gasteiger partial charge in [0.2, 0.25) is 5.91 Å². The summed E-state index contributed by atoms with van der Waals surface area (Å²) in [6, 6.07) is 7.98. The van der Waals surface area contributed by atoms with Gasteiger partial charge in [-0.3, -0.25) is 4.79 Å². The molecule has 0 aromatic carbocycles. The molecule has 2 aromatic heterocycles. The summed E-state index contributed by atoms with van der Waals surface area (Å²) in [6.07, 6.45) is 4.46. The van der Waals surface area contributed by atoms with Crippen LogP contribution in [-0.4, -0.2) is 5.91 Å². The molecule has 0 unspecified atom stereocenters. The molecule has 0 radical (unpaired) electrons. The average molecular weight is 301 g/mol. The highest BCUT2D eigenvalue weighted by atomic mass is 32.1. The Bertz CT molecular complexity index is 642. The number of amides is 1. The predicted octanol–water partition coefficient (Wildman–Crippen LogP) is 4.36. The van der Waals surface area contributed by atoms with Crippen LogP contribution in [0.15, 0.2) is 40.1 Å². The van der Waals surface area contributed by atoms with Gasteiger partial charge >= 0.3 is 0 Å². The van der Waals surface area contributed by atoms with Crippen molar-refractivity contribution in [2.45, 2.75) is 32.2 Å². The van der Waals surface area contributed by atoms with E-state index in [4.69, 9.17) is 4.42 Å². The molecule has 0 bridgehead atoms. The summed E-state index contributed by atoms with van der Waals surface area (Å²) >= 11 is 1.64. The van der Waals surface area contributed by atoms with Gasteiger partial charge in [-0.1, -0.05) is 13.0 Å². The van der Waals surface area contributed by atoms with Crippen LogP contribution in [0.2, 0.25) is 0 Å². The number of carbonyl (C=O) groups is 1. The zero-order valence-electron chi connectivity index (χ0n) is 12.2. The highest BCUT2D eigenvalue weighted by Crippen LogP contribution is 2.47. The van der Waals surface area contributed by atoms with Gasteiger partial charge in [-0.05, 0) is 48.9 Å². The van der Waals surface area contributed by atoms with Crippen LogP contribution < -0.4 is 5.32 Å². The number of carbonyl (C=O) groups excluding carboxylic acids is 1. The molecule has 110 valence electrons. The van der Waals surface area contributed by atoms with E-state index in [-0.39, 0.29) is 11.9 Å². The van der Waals surface area contributed by atoms with E-state index in [1.807, 2.05) is 36.6 Å². The Morgan fingerprint density at radius 3 is 2.95 bits per heavy atom. The third-order valence-corrected chi connectivity index (χ3v) is 4.91. The molecule has 4 heteroatoms. The molecule has 1 fully saturated rings. The number of rotatable bonds is 5. The first-order chi connectivity index (χ1) is 10.1. The summed E-state index contributed by atoms with van der Waals surface area (Å²) in [5.74, 6) is 2.97. The van der Waals surface area contributed by atoms with E-state index in [0.29, 0.717) is 5.92 Å². The second-order valence-corrected chi connectivity index (χ2v) is 6.62. The highest BCUT2D eigenvalue weighted by molar-refractivity contribution is 7.10. The maximum Gasteiger partial charge on any atom is 0.244 e. The molecule has 2 heterocycles. The third kappa shape index (κ3) is 3.45. The van der Waals surface area contributed by atoms with Crippen LogP contribution in [0.1, 0.15) is 48.6 Å². The van der Waals surface area contributed by atoms with Gasteiger partial charge < -0.3 is 9.73 Å². The molecule has 21 heavy (non-hydrogen) atoms. The molecule has 1 saturated carbocycles. The van der Waals surface area contributed by atoms with Crippen LogP contribution in [0.5, 0.6) is 0 Å². The van der Waals surface area contributed by atoms with Gasteiger partial charge in [0.15, 0.2) is 0 Å². The van der Waals surface area contributed by atoms with Gasteiger partial charge in [0.1, 0.15) is 11.5 Å². The van der Waals surface area contributed by atoms with E-state index in [2.05, 4.69) is 12.2 Å². The number of thiophene rings is 1. The molecule has 1 amide bonds. The van der Waals surface area contributed by atoms with E-state index in [0.717, 1.165) is 22.3 Å². The molecule has 3 atom stereocenters. The average Bonchev–Trinajstić information content (AvgIpc) is 2.93. The quantitative estimate of drug-likeness (QED) is 0.834. The van der Waals surface area contributed by atoms with Crippen LogP contribution in [0.4, 0.5) is 0 Å². The number of hydrogen-bond donors (Lipinski definition) is 1. The summed E-state index contributed by atoms with van der Waals surface area (Å²) < 4.78 is 5.74. The Balaban J connectivity index is 1.55. The minimum Gasteiger partial charge on any atom is -0.461 e. The van der Waals surface area contributed by atoms with Crippen molar-refractivity contribution in [3.05, 3.63) is 52.1 Å². The predicted molar refractivity (Wildman–Crippen MR) is 85.1 cm³/mol. The van der Waals surface area contributed by atoms with E-state index < -0.39 is 0 Å². The van der Waals surface area contributed by atoms with Crippen molar-refractivity contribution in [3.63, 3.8) is 0 Å². The largest absolute Gasteiger partial charge is 0.461 e. The Morgan fingerprint density at radius 2 is 2.29 bits per heavy atom. The standard InChI is InChI=1S/C17H19NO2S/c1-11-10-14(11)15-7-5-13(20-15)6-8-17(19)18-12(2)16-4-3-9-21-16/h3-9,11-12,14H,10H2,1-2H3,(H,18,19)/b8-6+/t11-,12+,14+/m0/s1. The minimum absolute atomic E-state index is 0.0293. The molecule has 0 saturated heterocycles. The van der Waals surface area contributed by atoms with Crippen molar-refractivity contribution in [3.8, 4) is 0 Å². The first-order valence-corrected chi connectivity index (χ1v) is 8.13. The molecular formula is C17H19NO2S. The Morgan fingerprint density at radius 1 is 1.48 bits per heavy atom. The van der Waals surface area contributed by atoms with Gasteiger partial charge in [-0.25, -0.2) is 0 Å². The maximum absolute atomic E-state index is 11.9. The first kappa shape index (κ1) is 14.1. The van der Waals surface area contributed by atoms with Gasteiger partial charge in [-0.2, -0.15) is 0 Å². The van der Waals surface area contributed by atoms with Crippen molar-refractivity contribution in [2.75, 3.05) is 0 Å². The fourth-order valence-electron chi connectivity index (χ4n) is 2.40. The number of hydrogen-bond acceptors (Lipinski definition) is 3. The number of furan rings is 1. The van der Waals surface area contributed by atoms with Crippen molar-refractivity contribution in [1.82, 2.24) is 5.32 Å². The van der Waals surface area contributed by atoms with Crippen LogP contribution in [0, 0.1) is 5.92 Å². The molecule has 3 nitrogen and oxygen atoms in total. The van der Waals surface area contributed by atoms with Crippen LogP contribution in [0.3, 0.4) is 0 Å². The zero-order valence-corrected chi connectivity index (χ0v) is 13.0. The second-order valence-electron chi connectivity index (χ2n) is 5.64. The van der Waals surface area contributed by atoms with Crippen molar-refractivity contribution in [1.29, 1.82) is 0 Å². The normalized spacial score (nSPS) is 22.4. The topological polar surface area (TPSA) is 42.2 Å². The summed E-state index contributed by atoms with van der Waals surface area (Å²) in [4.78, 5) is 13.0. The first-order valence-electron chi connectivity index (χ1n) is 7.25. The summed E-state index contributed by atoms with van der Waals surface area (Å²) in [5.41, 5.74) is 0. The van der Waals surface area contributed by atoms with Crippen molar-refractivity contribution in [2.24, 2.45) is 5.92 Å². The summed E-state index contributed by atoms with van der Waals surface area (Å²) in [6.45, 7) is 4.21. The zero-order chi connectivity index (χ0) is 14.8. The lowest BCUT2D eigenvalue weighted by Crippen LogP contribution is -2.23. The Labute approximate surface area is 128 Å². The third-order valence-electron chi connectivity index (χ3n) is 3.85. The highest BCUT2D eigenvalue weighted by Gasteiger charge is 2.36. The summed E-state index contributed by atoms with van der Waals surface area (Å²) in [5, 5.41) is 4.96. The lowest BCUT2D eigenvalue weighted by molar-refractivity contribution is -0.117. The Hall–Kier alpha value is -1.81. The lowest BCUT2D eigenvalue weighted by Gasteiger charge is -2.09. The van der Waals surface area contributed by atoms with Crippen molar-refractivity contribution >= 4 is 23.3 Å². The van der Waals surface area contributed by atoms with E-state index in [1.54, 1.807) is 17.4 Å². The molecule has 1 aliphatic carbocycles. The van der Waals surface area contributed by atoms with Gasteiger partial charge in [0, 0.05) is 16.9 Å². The SMILES string of the molecule is C[C@@H](NC(=O)/C=C/c1ccc([C@@H]2C[C@@H]2C)o1)c1cccs1. The molecule has 0 aliphatic heterocycles. The van der Waals surface area contributed by atoms with E-state index >= 15 is 0 Å². The fourth-order valence-corrected chi connectivity index (χ4v) is 3.14. The molecule has 3 rings (SSSR count). The van der Waals surface area contributed by atoms with Crippen LogP contribution >= 0.6 is 11.3 Å². The smallest absolute Gasteiger partial charge is 0.244 e.